The third kappa shape index (κ3) is 5.91. The predicted octanol–water partition coefficient (Wildman–Crippen LogP) is 5.53. The third-order valence-corrected chi connectivity index (χ3v) is 7.24. The third-order valence-electron chi connectivity index (χ3n) is 7.24. The molecule has 4 aromatic rings. The van der Waals surface area contributed by atoms with E-state index in [4.69, 9.17) is 9.72 Å². The molecule has 3 atom stereocenters. The van der Waals surface area contributed by atoms with Gasteiger partial charge in [0, 0.05) is 54.0 Å². The van der Waals surface area contributed by atoms with E-state index in [2.05, 4.69) is 20.6 Å². The van der Waals surface area contributed by atoms with Gasteiger partial charge < -0.3 is 30.5 Å². The minimum Gasteiger partial charge on any atom is -0.465 e. The molecule has 4 N–H and O–H groups in total. The quantitative estimate of drug-likeness (QED) is 0.227. The van der Waals surface area contributed by atoms with Crippen LogP contribution in [-0.4, -0.2) is 67.4 Å². The van der Waals surface area contributed by atoms with Gasteiger partial charge >= 0.3 is 6.09 Å². The number of carboxylic acid groups (broad SMARTS) is 1. The lowest BCUT2D eigenvalue weighted by Gasteiger charge is -2.31. The highest BCUT2D eigenvalue weighted by molar-refractivity contribution is 5.98. The second-order valence-corrected chi connectivity index (χ2v) is 10.2. The van der Waals surface area contributed by atoms with Crippen LogP contribution in [0.3, 0.4) is 0 Å². The summed E-state index contributed by atoms with van der Waals surface area (Å²) in [6.07, 6.45) is 3.55. The standard InChI is InChI=1S/C30H34N6O4/c1-18-11-12-22-23(8-4-10-25(22)33-19(2)20(3)37)27(18)40-28-24(9-5-14-31-28)26-13-15-32-29(35-26)34-21-7-6-16-36(17-21)30(38)39/h4-5,8-15,19-21,33,37H,6-7,16-17H2,1-3H3,(H,38,39)(H,32,34,35)/t19-,20-,21?/m1/s1. The summed E-state index contributed by atoms with van der Waals surface area (Å²) in [6.45, 7) is 6.62. The molecule has 40 heavy (non-hydrogen) atoms. The molecule has 1 amide bonds. The molecule has 0 spiro atoms. The Hall–Kier alpha value is -4.44. The van der Waals surface area contributed by atoms with Crippen LogP contribution in [0.5, 0.6) is 11.6 Å². The van der Waals surface area contributed by atoms with Crippen LogP contribution in [0.1, 0.15) is 32.3 Å². The maximum Gasteiger partial charge on any atom is 0.407 e. The first-order valence-corrected chi connectivity index (χ1v) is 13.5. The van der Waals surface area contributed by atoms with E-state index in [1.165, 1.54) is 4.90 Å². The summed E-state index contributed by atoms with van der Waals surface area (Å²) in [5.74, 6) is 1.52. The largest absolute Gasteiger partial charge is 0.465 e. The van der Waals surface area contributed by atoms with Gasteiger partial charge in [0.25, 0.3) is 0 Å². The number of hydrogen-bond acceptors (Lipinski definition) is 8. The number of piperidine rings is 1. The Morgan fingerprint density at radius 2 is 1.93 bits per heavy atom. The summed E-state index contributed by atoms with van der Waals surface area (Å²) in [5, 5.41) is 27.9. The number of aryl methyl sites for hydroxylation is 1. The van der Waals surface area contributed by atoms with Crippen molar-refractivity contribution in [3.63, 3.8) is 0 Å². The Morgan fingerprint density at radius 1 is 1.07 bits per heavy atom. The van der Waals surface area contributed by atoms with Crippen molar-refractivity contribution in [1.82, 2.24) is 19.9 Å². The smallest absolute Gasteiger partial charge is 0.407 e. The van der Waals surface area contributed by atoms with Crippen LogP contribution in [0.2, 0.25) is 0 Å². The minimum absolute atomic E-state index is 0.0672. The van der Waals surface area contributed by atoms with Gasteiger partial charge in [0.1, 0.15) is 5.75 Å². The van der Waals surface area contributed by atoms with E-state index in [0.717, 1.165) is 34.9 Å². The van der Waals surface area contributed by atoms with Crippen LogP contribution in [0, 0.1) is 6.92 Å². The Bertz CT molecular complexity index is 1510. The molecule has 2 aromatic carbocycles. The number of pyridine rings is 1. The number of aliphatic hydroxyl groups is 1. The number of rotatable bonds is 8. The number of carbonyl (C=O) groups is 1. The van der Waals surface area contributed by atoms with Gasteiger partial charge in [-0.05, 0) is 63.4 Å². The fourth-order valence-electron chi connectivity index (χ4n) is 4.86. The fourth-order valence-corrected chi connectivity index (χ4v) is 4.86. The number of amides is 1. The zero-order chi connectivity index (χ0) is 28.2. The topological polar surface area (TPSA) is 133 Å². The number of hydrogen-bond donors (Lipinski definition) is 4. The second-order valence-electron chi connectivity index (χ2n) is 10.2. The van der Waals surface area contributed by atoms with Crippen molar-refractivity contribution in [3.05, 3.63) is 66.5 Å². The molecule has 1 aliphatic rings. The molecule has 1 saturated heterocycles. The van der Waals surface area contributed by atoms with Gasteiger partial charge in [-0.1, -0.05) is 24.3 Å². The van der Waals surface area contributed by atoms with E-state index in [9.17, 15) is 15.0 Å². The van der Waals surface area contributed by atoms with Crippen molar-refractivity contribution in [2.24, 2.45) is 0 Å². The molecule has 0 aliphatic carbocycles. The van der Waals surface area contributed by atoms with E-state index in [1.807, 2.05) is 56.3 Å². The van der Waals surface area contributed by atoms with Crippen molar-refractivity contribution in [2.75, 3.05) is 23.7 Å². The highest BCUT2D eigenvalue weighted by atomic mass is 16.5. The summed E-state index contributed by atoms with van der Waals surface area (Å²) < 4.78 is 6.50. The fraction of sp³-hybridized carbons (Fsp3) is 0.333. The first-order chi connectivity index (χ1) is 19.3. The average molecular weight is 543 g/mol. The van der Waals surface area contributed by atoms with Crippen LogP contribution >= 0.6 is 0 Å². The molecule has 5 rings (SSSR count). The van der Waals surface area contributed by atoms with Crippen LogP contribution in [0.25, 0.3) is 22.0 Å². The summed E-state index contributed by atoms with van der Waals surface area (Å²) in [6, 6.07) is 15.4. The van der Waals surface area contributed by atoms with Crippen molar-refractivity contribution in [2.45, 2.75) is 51.8 Å². The zero-order valence-electron chi connectivity index (χ0n) is 22.8. The van der Waals surface area contributed by atoms with E-state index >= 15 is 0 Å². The molecule has 3 heterocycles. The minimum atomic E-state index is -0.914. The maximum absolute atomic E-state index is 11.4. The summed E-state index contributed by atoms with van der Waals surface area (Å²) in [4.78, 5) is 26.5. The van der Waals surface area contributed by atoms with Gasteiger partial charge in [-0.15, -0.1) is 0 Å². The van der Waals surface area contributed by atoms with Crippen molar-refractivity contribution < 1.29 is 19.7 Å². The SMILES string of the molecule is Cc1ccc2c(N[C@H](C)[C@@H](C)O)cccc2c1Oc1ncccc1-c1ccnc(NC2CCCN(C(=O)O)C2)n1. The van der Waals surface area contributed by atoms with E-state index < -0.39 is 12.2 Å². The molecule has 208 valence electrons. The van der Waals surface area contributed by atoms with Crippen LogP contribution in [0.15, 0.2) is 60.9 Å². The van der Waals surface area contributed by atoms with Crippen molar-refractivity contribution >= 4 is 28.5 Å². The lowest BCUT2D eigenvalue weighted by Crippen LogP contribution is -2.44. The van der Waals surface area contributed by atoms with Crippen LogP contribution in [0.4, 0.5) is 16.4 Å². The van der Waals surface area contributed by atoms with Crippen molar-refractivity contribution in [1.29, 1.82) is 0 Å². The number of ether oxygens (including phenoxy) is 1. The van der Waals surface area contributed by atoms with E-state index in [0.29, 0.717) is 41.9 Å². The molecule has 10 heteroatoms. The Morgan fingerprint density at radius 3 is 2.73 bits per heavy atom. The van der Waals surface area contributed by atoms with Gasteiger partial charge in [-0.3, -0.25) is 0 Å². The number of nitrogens with one attached hydrogen (secondary N) is 2. The number of benzene rings is 2. The Labute approximate surface area is 233 Å². The summed E-state index contributed by atoms with van der Waals surface area (Å²) in [7, 11) is 0. The first-order valence-electron chi connectivity index (χ1n) is 13.5. The highest BCUT2D eigenvalue weighted by Crippen LogP contribution is 2.38. The Balaban J connectivity index is 1.44. The normalized spacial score (nSPS) is 16.8. The summed E-state index contributed by atoms with van der Waals surface area (Å²) >= 11 is 0. The van der Waals surface area contributed by atoms with Gasteiger partial charge in [-0.25, -0.2) is 19.7 Å². The Kier molecular flexibility index (Phi) is 7.97. The average Bonchev–Trinajstić information content (AvgIpc) is 2.95. The van der Waals surface area contributed by atoms with Gasteiger partial charge in [0.05, 0.1) is 17.4 Å². The van der Waals surface area contributed by atoms with Crippen LogP contribution in [-0.2, 0) is 0 Å². The van der Waals surface area contributed by atoms with E-state index in [-0.39, 0.29) is 12.1 Å². The zero-order valence-corrected chi connectivity index (χ0v) is 22.8. The molecule has 0 bridgehead atoms. The lowest BCUT2D eigenvalue weighted by molar-refractivity contribution is 0.132. The van der Waals surface area contributed by atoms with Gasteiger partial charge in [-0.2, -0.15) is 0 Å². The number of likely N-dealkylation sites (tertiary alicyclic amines) is 1. The predicted molar refractivity (Wildman–Crippen MR) is 155 cm³/mol. The van der Waals surface area contributed by atoms with Gasteiger partial charge in [0.15, 0.2) is 0 Å². The van der Waals surface area contributed by atoms with Crippen LogP contribution < -0.4 is 15.4 Å². The molecule has 1 fully saturated rings. The summed E-state index contributed by atoms with van der Waals surface area (Å²) in [5.41, 5.74) is 3.21. The van der Waals surface area contributed by atoms with Crippen molar-refractivity contribution in [3.8, 4) is 22.9 Å². The molecule has 1 aliphatic heterocycles. The van der Waals surface area contributed by atoms with Gasteiger partial charge in [0.2, 0.25) is 11.8 Å². The molecule has 0 radical (unpaired) electrons. The number of aromatic nitrogens is 3. The van der Waals surface area contributed by atoms with E-state index in [1.54, 1.807) is 25.4 Å². The lowest BCUT2D eigenvalue weighted by atomic mass is 10.0. The second kappa shape index (κ2) is 11.7. The molecule has 10 nitrogen and oxygen atoms in total. The number of anilines is 2. The monoisotopic (exact) mass is 542 g/mol. The number of nitrogens with zero attached hydrogens (tertiary/aromatic N) is 4. The number of aliphatic hydroxyl groups excluding tert-OH is 1. The first kappa shape index (κ1) is 27.1. The molecular weight excluding hydrogens is 508 g/mol. The molecular formula is C30H34N6O4. The molecule has 0 saturated carbocycles. The molecule has 1 unspecified atom stereocenters. The molecule has 2 aromatic heterocycles. The number of fused-ring (bicyclic) bond motifs is 1. The maximum atomic E-state index is 11.4. The highest BCUT2D eigenvalue weighted by Gasteiger charge is 2.24.